The second-order valence-electron chi connectivity index (χ2n) is 7.30. The lowest BCUT2D eigenvalue weighted by molar-refractivity contribution is -0.194. The maximum Gasteiger partial charge on any atom is 0.330 e. The number of rotatable bonds is 9. The van der Waals surface area contributed by atoms with Gasteiger partial charge in [0.05, 0.1) is 6.10 Å². The van der Waals surface area contributed by atoms with Gasteiger partial charge in [0.1, 0.15) is 5.54 Å². The lowest BCUT2D eigenvalue weighted by Gasteiger charge is -2.58. The molecule has 0 bridgehead atoms. The summed E-state index contributed by atoms with van der Waals surface area (Å²) in [4.78, 5) is 35.5. The summed E-state index contributed by atoms with van der Waals surface area (Å²) in [6.07, 6.45) is 2.67. The van der Waals surface area contributed by atoms with E-state index in [1.54, 1.807) is 13.8 Å². The van der Waals surface area contributed by atoms with Crippen LogP contribution >= 0.6 is 0 Å². The summed E-state index contributed by atoms with van der Waals surface area (Å²) in [5.41, 5.74) is -1.97. The highest BCUT2D eigenvalue weighted by Crippen LogP contribution is 2.51. The third-order valence-electron chi connectivity index (χ3n) is 5.31. The first kappa shape index (κ1) is 18.7. The molecule has 7 heteroatoms. The molecule has 0 radical (unpaired) electrons. The van der Waals surface area contributed by atoms with Crippen LogP contribution in [0.4, 0.5) is 0 Å². The van der Waals surface area contributed by atoms with E-state index in [4.69, 9.17) is 4.74 Å². The van der Waals surface area contributed by atoms with Crippen molar-refractivity contribution in [3.63, 3.8) is 0 Å². The Bertz CT molecular complexity index is 515. The number of aliphatic carboxylic acids is 1. The van der Waals surface area contributed by atoms with Crippen molar-refractivity contribution in [2.45, 2.75) is 64.5 Å². The van der Waals surface area contributed by atoms with Crippen LogP contribution in [-0.2, 0) is 19.1 Å². The van der Waals surface area contributed by atoms with E-state index in [0.29, 0.717) is 19.6 Å². The molecule has 2 rings (SSSR count). The maximum atomic E-state index is 12.2. The minimum absolute atomic E-state index is 0.0529. The Balaban J connectivity index is 1.81. The van der Waals surface area contributed by atoms with Crippen molar-refractivity contribution in [2.24, 2.45) is 11.3 Å². The first-order valence-corrected chi connectivity index (χ1v) is 8.68. The van der Waals surface area contributed by atoms with Crippen LogP contribution in [0.2, 0.25) is 0 Å². The van der Waals surface area contributed by atoms with Gasteiger partial charge in [0.2, 0.25) is 11.8 Å². The zero-order valence-electron chi connectivity index (χ0n) is 14.7. The summed E-state index contributed by atoms with van der Waals surface area (Å²) < 4.78 is 5.57. The van der Waals surface area contributed by atoms with Crippen molar-refractivity contribution in [1.29, 1.82) is 0 Å². The van der Waals surface area contributed by atoms with Crippen LogP contribution in [-0.4, -0.2) is 47.7 Å². The fourth-order valence-electron chi connectivity index (χ4n) is 3.29. The number of amides is 2. The Labute approximate surface area is 142 Å². The number of carbonyl (C=O) groups is 3. The third kappa shape index (κ3) is 3.55. The van der Waals surface area contributed by atoms with E-state index in [0.717, 1.165) is 12.8 Å². The smallest absolute Gasteiger partial charge is 0.330 e. The molecule has 2 saturated carbocycles. The Kier molecular flexibility index (Phi) is 5.52. The van der Waals surface area contributed by atoms with Gasteiger partial charge in [-0.3, -0.25) is 9.59 Å². The van der Waals surface area contributed by atoms with Crippen LogP contribution in [0.3, 0.4) is 0 Å². The van der Waals surface area contributed by atoms with Crippen LogP contribution in [0.15, 0.2) is 0 Å². The van der Waals surface area contributed by atoms with Crippen LogP contribution < -0.4 is 10.6 Å². The van der Waals surface area contributed by atoms with Crippen LogP contribution in [0.1, 0.15) is 52.9 Å². The van der Waals surface area contributed by atoms with Gasteiger partial charge in [-0.2, -0.15) is 0 Å². The van der Waals surface area contributed by atoms with Gasteiger partial charge in [-0.25, -0.2) is 4.79 Å². The molecule has 24 heavy (non-hydrogen) atoms. The van der Waals surface area contributed by atoms with E-state index in [9.17, 15) is 19.5 Å². The molecule has 2 atom stereocenters. The van der Waals surface area contributed by atoms with Gasteiger partial charge < -0.3 is 20.5 Å². The zero-order chi connectivity index (χ0) is 18.0. The quantitative estimate of drug-likeness (QED) is 0.545. The van der Waals surface area contributed by atoms with Gasteiger partial charge in [-0.05, 0) is 26.2 Å². The van der Waals surface area contributed by atoms with Gasteiger partial charge in [0.25, 0.3) is 0 Å². The Hall–Kier alpha value is -1.63. The molecular weight excluding hydrogens is 312 g/mol. The molecule has 0 saturated heterocycles. The molecule has 2 unspecified atom stereocenters. The largest absolute Gasteiger partial charge is 0.479 e. The molecule has 0 spiro atoms. The summed E-state index contributed by atoms with van der Waals surface area (Å²) in [6, 6.07) is 0. The number of ether oxygens (including phenoxy) is 1. The van der Waals surface area contributed by atoms with E-state index in [1.165, 1.54) is 0 Å². The van der Waals surface area contributed by atoms with Gasteiger partial charge in [0, 0.05) is 37.3 Å². The number of nitrogens with one attached hydrogen (secondary N) is 2. The second kappa shape index (κ2) is 7.09. The van der Waals surface area contributed by atoms with Gasteiger partial charge in [-0.1, -0.05) is 13.8 Å². The van der Waals surface area contributed by atoms with E-state index in [-0.39, 0.29) is 36.7 Å². The minimum Gasteiger partial charge on any atom is -0.479 e. The van der Waals surface area contributed by atoms with Crippen LogP contribution in [0.5, 0.6) is 0 Å². The summed E-state index contributed by atoms with van der Waals surface area (Å²) in [5.74, 6) is -1.13. The molecule has 136 valence electrons. The summed E-state index contributed by atoms with van der Waals surface area (Å²) in [5, 5.41) is 15.1. The second-order valence-corrected chi connectivity index (χ2v) is 7.30. The van der Waals surface area contributed by atoms with Crippen molar-refractivity contribution in [3.8, 4) is 0 Å². The van der Waals surface area contributed by atoms with Gasteiger partial charge >= 0.3 is 5.97 Å². The first-order chi connectivity index (χ1) is 11.2. The number of hydrogen-bond acceptors (Lipinski definition) is 4. The topological polar surface area (TPSA) is 105 Å². The van der Waals surface area contributed by atoms with Crippen molar-refractivity contribution in [2.75, 3.05) is 13.2 Å². The highest BCUT2D eigenvalue weighted by Gasteiger charge is 2.66. The average molecular weight is 340 g/mol. The van der Waals surface area contributed by atoms with Crippen LogP contribution in [0.25, 0.3) is 0 Å². The maximum absolute atomic E-state index is 12.2. The predicted molar refractivity (Wildman–Crippen MR) is 87.3 cm³/mol. The first-order valence-electron chi connectivity index (χ1n) is 8.68. The molecule has 0 heterocycles. The molecule has 2 amide bonds. The fraction of sp³-hybridized carbons (Fsp3) is 0.824. The molecule has 0 aromatic carbocycles. The Morgan fingerprint density at radius 1 is 1.25 bits per heavy atom. The molecule has 2 aliphatic carbocycles. The Morgan fingerprint density at radius 2 is 1.92 bits per heavy atom. The lowest BCUT2D eigenvalue weighted by atomic mass is 9.54. The average Bonchev–Trinajstić information content (AvgIpc) is 3.34. The SMILES string of the molecule is CCOC1CC(NC(=O)CCCNC(=O)C2CC2)(C(=O)O)C1(C)C. The molecule has 0 aromatic heterocycles. The monoisotopic (exact) mass is 340 g/mol. The van der Waals surface area contributed by atoms with E-state index in [1.807, 2.05) is 6.92 Å². The molecule has 2 fully saturated rings. The molecular formula is C17H28N2O5. The van der Waals surface area contributed by atoms with Crippen molar-refractivity contribution >= 4 is 17.8 Å². The van der Waals surface area contributed by atoms with Gasteiger partial charge in [0.15, 0.2) is 0 Å². The highest BCUT2D eigenvalue weighted by molar-refractivity contribution is 5.89. The van der Waals surface area contributed by atoms with E-state index in [2.05, 4.69) is 10.6 Å². The third-order valence-corrected chi connectivity index (χ3v) is 5.31. The predicted octanol–water partition coefficient (Wildman–Crippen LogP) is 1.07. The van der Waals surface area contributed by atoms with Crippen molar-refractivity contribution in [3.05, 3.63) is 0 Å². The zero-order valence-corrected chi connectivity index (χ0v) is 14.7. The summed E-state index contributed by atoms with van der Waals surface area (Å²) in [7, 11) is 0. The summed E-state index contributed by atoms with van der Waals surface area (Å²) >= 11 is 0. The number of carboxylic acid groups (broad SMARTS) is 1. The van der Waals surface area contributed by atoms with E-state index < -0.39 is 16.9 Å². The lowest BCUT2D eigenvalue weighted by Crippen LogP contribution is -2.76. The van der Waals surface area contributed by atoms with Crippen molar-refractivity contribution in [1.82, 2.24) is 10.6 Å². The normalized spacial score (nSPS) is 27.9. The molecule has 3 N–H and O–H groups in total. The minimum atomic E-state index is -1.29. The van der Waals surface area contributed by atoms with Crippen molar-refractivity contribution < 1.29 is 24.2 Å². The number of hydrogen-bond donors (Lipinski definition) is 3. The van der Waals surface area contributed by atoms with Gasteiger partial charge in [-0.15, -0.1) is 0 Å². The van der Waals surface area contributed by atoms with Crippen LogP contribution in [0, 0.1) is 11.3 Å². The number of carboxylic acids is 1. The highest BCUT2D eigenvalue weighted by atomic mass is 16.5. The molecule has 0 aliphatic heterocycles. The standard InChI is InChI=1S/C17H28N2O5/c1-4-24-12-10-17(15(22)23,16(12,2)3)19-13(20)6-5-9-18-14(21)11-7-8-11/h11-12H,4-10H2,1-3H3,(H,18,21)(H,19,20)(H,22,23). The Morgan fingerprint density at radius 3 is 2.42 bits per heavy atom. The molecule has 2 aliphatic rings. The number of carbonyl (C=O) groups excluding carboxylic acids is 2. The molecule has 7 nitrogen and oxygen atoms in total. The summed E-state index contributed by atoms with van der Waals surface area (Å²) in [6.45, 7) is 6.43. The molecule has 0 aromatic rings. The van der Waals surface area contributed by atoms with E-state index >= 15 is 0 Å². The fourth-order valence-corrected chi connectivity index (χ4v) is 3.29.